The lowest BCUT2D eigenvalue weighted by atomic mass is 9.33. The van der Waals surface area contributed by atoms with E-state index in [9.17, 15) is 85.9 Å². The Hall–Kier alpha value is -2.75. The van der Waals surface area contributed by atoms with Crippen molar-refractivity contribution in [1.29, 1.82) is 0 Å². The van der Waals surface area contributed by atoms with Gasteiger partial charge in [0.2, 0.25) is 0 Å². The number of ether oxygens (including phenoxy) is 9. The maximum atomic E-state index is 14.1. The Bertz CT molecular complexity index is 2420. The Morgan fingerprint density at radius 2 is 1.31 bits per heavy atom. The molecule has 26 nitrogen and oxygen atoms in total. The van der Waals surface area contributed by atoms with Crippen molar-refractivity contribution in [2.75, 3.05) is 26.4 Å². The maximum absolute atomic E-state index is 14.1. The number of rotatable bonds is 14. The first-order chi connectivity index (χ1) is 38.9. The molecule has 4 saturated carbocycles. The number of carboxylic acid groups (broad SMARTS) is 1. The monoisotopic (exact) mass is 1190 g/mol. The van der Waals surface area contributed by atoms with Crippen LogP contribution in [0.3, 0.4) is 0 Å². The number of aldehydes is 1. The number of hydrogen-bond acceptors (Lipinski definition) is 25. The van der Waals surface area contributed by atoms with Gasteiger partial charge in [0.05, 0.1) is 49.5 Å². The number of allylic oxidation sites excluding steroid dienone is 3. The Morgan fingerprint density at radius 1 is 0.687 bits per heavy atom. The van der Waals surface area contributed by atoms with Gasteiger partial charge < -0.3 is 119 Å². The molecule has 0 aromatic rings. The molecule has 4 aliphatic heterocycles. The van der Waals surface area contributed by atoms with Gasteiger partial charge in [0.15, 0.2) is 31.3 Å². The fraction of sp³-hybridized carbons (Fsp3) is 0.877. The molecule has 4 saturated heterocycles. The number of aliphatic hydroxyl groups excluding tert-OH is 13. The van der Waals surface area contributed by atoms with Crippen LogP contribution in [-0.4, -0.2) is 251 Å². The molecule has 0 bridgehead atoms. The van der Waals surface area contributed by atoms with Crippen molar-refractivity contribution in [1.82, 2.24) is 0 Å². The van der Waals surface area contributed by atoms with Crippen molar-refractivity contribution in [3.05, 3.63) is 23.3 Å². The summed E-state index contributed by atoms with van der Waals surface area (Å²) in [5.74, 6) is -3.45. The van der Waals surface area contributed by atoms with Crippen molar-refractivity contribution in [2.45, 2.75) is 235 Å². The number of aliphatic carboxylic acids is 1. The highest BCUT2D eigenvalue weighted by atomic mass is 16.8. The van der Waals surface area contributed by atoms with Crippen LogP contribution in [0.2, 0.25) is 0 Å². The zero-order chi connectivity index (χ0) is 61.0. The second-order valence-corrected chi connectivity index (χ2v) is 26.7. The molecular weight excluding hydrogens is 1100 g/mol. The zero-order valence-corrected chi connectivity index (χ0v) is 48.1. The maximum Gasteiger partial charge on any atom is 0.335 e. The Kier molecular flexibility index (Phi) is 18.4. The molecule has 0 spiro atoms. The molecular formula is C57H88O26. The smallest absolute Gasteiger partial charge is 0.335 e. The van der Waals surface area contributed by atoms with Crippen LogP contribution in [-0.2, 0) is 57.0 Å². The molecule has 14 N–H and O–H groups in total. The molecule has 9 aliphatic rings. The summed E-state index contributed by atoms with van der Waals surface area (Å²) in [6.07, 6.45) is -32.2. The van der Waals surface area contributed by atoms with Gasteiger partial charge in [-0.2, -0.15) is 0 Å². The van der Waals surface area contributed by atoms with Gasteiger partial charge in [-0.1, -0.05) is 59.3 Å². The summed E-state index contributed by atoms with van der Waals surface area (Å²) in [6, 6.07) is 0. The minimum Gasteiger partial charge on any atom is -0.479 e. The summed E-state index contributed by atoms with van der Waals surface area (Å²) < 4.78 is 54.1. The van der Waals surface area contributed by atoms with Crippen LogP contribution in [0.4, 0.5) is 0 Å². The average Bonchev–Trinajstić information content (AvgIpc) is 0.906. The molecule has 30 atom stereocenters. The first kappa shape index (κ1) is 64.7. The summed E-state index contributed by atoms with van der Waals surface area (Å²) in [4.78, 5) is 40.4. The molecule has 26 heteroatoms. The molecule has 5 aliphatic carbocycles. The van der Waals surface area contributed by atoms with E-state index in [4.69, 9.17) is 42.6 Å². The summed E-state index contributed by atoms with van der Waals surface area (Å²) in [5.41, 5.74) is -4.21. The van der Waals surface area contributed by atoms with Gasteiger partial charge in [-0.25, -0.2) is 9.59 Å². The normalized spacial score (nSPS) is 52.6. The standard InChI is InChI=1S/C57H88O26/c1-9-23(2)47(74)83-45-44(71)57(22-60)25(16-52(45,3)4)24-10-11-30-53(5)14-13-32(54(6,21-59)29(53)12-15-55(30,7)56(24,8)17-31(57)63)78-51-43(82-49-38(69)36(67)35(66)28(18-58)77-49)40(39(70)41(80-51)46(72)73)79-50-42(34(65)27(62)20-76-50)81-48-37(68)33(64)26(61)19-75-48/h9-10,21,25-45,48-51,58,60-71H,11-20,22H2,1-8H3,(H,72,73)/b23-9+/t25-,26+,27-,28+,29+,30+,31+,32+,33+,34+,35+,36-,37+,38-,39+,40+,41+,42+,43-,44+,45-,48+,49-,50+,51+,53+,54+,55-,56+,57+/m1/s1. The van der Waals surface area contributed by atoms with Crippen LogP contribution in [0.25, 0.3) is 0 Å². The van der Waals surface area contributed by atoms with E-state index in [0.29, 0.717) is 37.7 Å². The number of carbonyl (C=O) groups is 3. The third kappa shape index (κ3) is 10.4. The molecule has 83 heavy (non-hydrogen) atoms. The van der Waals surface area contributed by atoms with E-state index >= 15 is 0 Å². The quantitative estimate of drug-likeness (QED) is 0.0279. The second-order valence-electron chi connectivity index (χ2n) is 26.7. The molecule has 8 fully saturated rings. The van der Waals surface area contributed by atoms with Gasteiger partial charge in [0, 0.05) is 11.0 Å². The van der Waals surface area contributed by atoms with Crippen LogP contribution < -0.4 is 0 Å². The summed E-state index contributed by atoms with van der Waals surface area (Å²) in [7, 11) is 0. The molecule has 0 aromatic heterocycles. The molecule has 4 heterocycles. The molecule has 0 radical (unpaired) electrons. The molecule has 9 rings (SSSR count). The van der Waals surface area contributed by atoms with Crippen molar-refractivity contribution >= 4 is 18.2 Å². The lowest BCUT2D eigenvalue weighted by Crippen LogP contribution is -2.72. The lowest BCUT2D eigenvalue weighted by Gasteiger charge is -2.72. The molecule has 472 valence electrons. The Morgan fingerprint density at radius 3 is 1.94 bits per heavy atom. The van der Waals surface area contributed by atoms with Crippen LogP contribution in [0.15, 0.2) is 23.3 Å². The predicted octanol–water partition coefficient (Wildman–Crippen LogP) is -2.58. The zero-order valence-electron chi connectivity index (χ0n) is 48.1. The van der Waals surface area contributed by atoms with Gasteiger partial charge in [0.1, 0.15) is 97.8 Å². The molecule has 0 amide bonds. The minimum absolute atomic E-state index is 0.128. The average molecular weight is 1190 g/mol. The van der Waals surface area contributed by atoms with Crippen molar-refractivity contribution in [2.24, 2.45) is 50.2 Å². The number of hydrogen-bond donors (Lipinski definition) is 14. The minimum atomic E-state index is -2.27. The van der Waals surface area contributed by atoms with E-state index in [1.54, 1.807) is 26.8 Å². The first-order valence-corrected chi connectivity index (χ1v) is 29.0. The van der Waals surface area contributed by atoms with Gasteiger partial charge in [-0.15, -0.1) is 0 Å². The summed E-state index contributed by atoms with van der Waals surface area (Å²) in [6.45, 7) is 12.7. The Balaban J connectivity index is 1.04. The third-order valence-electron chi connectivity index (χ3n) is 21.9. The number of aliphatic hydroxyl groups is 13. The highest BCUT2D eigenvalue weighted by Gasteiger charge is 2.73. The van der Waals surface area contributed by atoms with E-state index in [0.717, 1.165) is 11.9 Å². The predicted molar refractivity (Wildman–Crippen MR) is 279 cm³/mol. The number of esters is 1. The fourth-order valence-electron chi connectivity index (χ4n) is 16.7. The van der Waals surface area contributed by atoms with Crippen LogP contribution in [0.5, 0.6) is 0 Å². The van der Waals surface area contributed by atoms with E-state index < -0.39 is 218 Å². The number of carboxylic acids is 1. The van der Waals surface area contributed by atoms with Crippen LogP contribution >= 0.6 is 0 Å². The van der Waals surface area contributed by atoms with Crippen molar-refractivity contribution < 1.29 is 129 Å². The van der Waals surface area contributed by atoms with Gasteiger partial charge in [0.25, 0.3) is 0 Å². The van der Waals surface area contributed by atoms with Crippen LogP contribution in [0, 0.1) is 50.2 Å². The summed E-state index contributed by atoms with van der Waals surface area (Å²) >= 11 is 0. The van der Waals surface area contributed by atoms with Crippen molar-refractivity contribution in [3.63, 3.8) is 0 Å². The largest absolute Gasteiger partial charge is 0.479 e. The van der Waals surface area contributed by atoms with E-state index in [2.05, 4.69) is 26.8 Å². The van der Waals surface area contributed by atoms with E-state index in [1.165, 1.54) is 0 Å². The fourth-order valence-corrected chi connectivity index (χ4v) is 16.7. The topological polar surface area (TPSA) is 418 Å². The van der Waals surface area contributed by atoms with Gasteiger partial charge >= 0.3 is 11.9 Å². The van der Waals surface area contributed by atoms with Gasteiger partial charge in [-0.3, -0.25) is 0 Å². The molecule has 0 aromatic carbocycles. The van der Waals surface area contributed by atoms with Crippen LogP contribution in [0.1, 0.15) is 100 Å². The van der Waals surface area contributed by atoms with Gasteiger partial charge in [-0.05, 0) is 92.8 Å². The number of fused-ring (bicyclic) bond motifs is 7. The molecule has 0 unspecified atom stereocenters. The lowest BCUT2D eigenvalue weighted by molar-refractivity contribution is -0.398. The summed E-state index contributed by atoms with van der Waals surface area (Å²) in [5, 5.41) is 155. The highest BCUT2D eigenvalue weighted by molar-refractivity contribution is 5.87. The van der Waals surface area contributed by atoms with E-state index in [-0.39, 0.29) is 18.8 Å². The van der Waals surface area contributed by atoms with Crippen molar-refractivity contribution in [3.8, 4) is 0 Å². The van der Waals surface area contributed by atoms with E-state index in [1.807, 2.05) is 13.8 Å². The second kappa shape index (κ2) is 23.6. The highest BCUT2D eigenvalue weighted by Crippen LogP contribution is 2.76. The SMILES string of the molecule is C/C=C(\C)C(=O)O[C@@H]1[C@H](O)[C@@]2(CO)[C@H](CC1(C)C)C1=CC[C@H]3[C@@]4(C)CC[C@H](O[C@H]5O[C@H](C(=O)O)[C@@H](O)[C@H](O[C@@H]6OC[C@@H](O)[C@H](O)[C@@H]6O[C@@H]6OC[C@H](O)[C@H](O)[C@@H]6O)[C@H]5O[C@H]5O[C@@H](CO)[C@H](O)[C@@H](O)[C@H]5O)[C@@](C)(C=O)[C@H]4CC[C@@]3(C)[C@@]1(C)C[C@@H]2O. The first-order valence-electron chi connectivity index (χ1n) is 29.0. The number of carbonyl (C=O) groups excluding carboxylic acids is 2. The Labute approximate surface area is 480 Å². The third-order valence-corrected chi connectivity index (χ3v) is 21.9.